The van der Waals surface area contributed by atoms with Gasteiger partial charge in [-0.2, -0.15) is 0 Å². The lowest BCUT2D eigenvalue weighted by atomic mass is 10.2. The van der Waals surface area contributed by atoms with Gasteiger partial charge in [-0.1, -0.05) is 6.07 Å². The summed E-state index contributed by atoms with van der Waals surface area (Å²) in [5, 5.41) is 0. The van der Waals surface area contributed by atoms with Crippen LogP contribution in [0.15, 0.2) is 24.3 Å². The van der Waals surface area contributed by atoms with Crippen molar-refractivity contribution < 1.29 is 14.2 Å². The second kappa shape index (κ2) is 6.63. The van der Waals surface area contributed by atoms with Crippen LogP contribution in [-0.4, -0.2) is 14.2 Å². The van der Waals surface area contributed by atoms with E-state index in [2.05, 4.69) is 13.0 Å². The van der Waals surface area contributed by atoms with E-state index in [4.69, 9.17) is 19.9 Å². The number of methoxy groups -OCH3 is 2. The van der Waals surface area contributed by atoms with Crippen LogP contribution in [-0.2, 0) is 13.2 Å². The largest absolute Gasteiger partial charge is 0.493 e. The summed E-state index contributed by atoms with van der Waals surface area (Å²) >= 11 is 1.70. The van der Waals surface area contributed by atoms with E-state index < -0.39 is 0 Å². The average Bonchev–Trinajstić information content (AvgIpc) is 2.85. The van der Waals surface area contributed by atoms with E-state index in [1.54, 1.807) is 25.6 Å². The first kappa shape index (κ1) is 14.7. The topological polar surface area (TPSA) is 53.7 Å². The van der Waals surface area contributed by atoms with Crippen molar-refractivity contribution in [3.8, 4) is 17.2 Å². The number of thiophene rings is 1. The van der Waals surface area contributed by atoms with Crippen molar-refractivity contribution in [3.63, 3.8) is 0 Å². The maximum Gasteiger partial charge on any atom is 0.203 e. The van der Waals surface area contributed by atoms with Crippen molar-refractivity contribution in [1.82, 2.24) is 0 Å². The Kier molecular flexibility index (Phi) is 4.87. The first-order valence-electron chi connectivity index (χ1n) is 6.31. The number of nitrogens with two attached hydrogens (primary N) is 1. The van der Waals surface area contributed by atoms with Crippen LogP contribution in [0, 0.1) is 6.92 Å². The highest BCUT2D eigenvalue weighted by atomic mass is 32.1. The van der Waals surface area contributed by atoms with Crippen LogP contribution in [0.4, 0.5) is 0 Å². The smallest absolute Gasteiger partial charge is 0.203 e. The maximum absolute atomic E-state index is 5.89. The molecule has 0 unspecified atom stereocenters. The molecule has 1 heterocycles. The van der Waals surface area contributed by atoms with Crippen LogP contribution < -0.4 is 19.9 Å². The summed E-state index contributed by atoms with van der Waals surface area (Å²) in [5.74, 6) is 1.95. The van der Waals surface area contributed by atoms with E-state index in [0.717, 1.165) is 10.4 Å². The molecule has 1 aromatic carbocycles. The van der Waals surface area contributed by atoms with Gasteiger partial charge >= 0.3 is 0 Å². The molecule has 1 aromatic heterocycles. The summed E-state index contributed by atoms with van der Waals surface area (Å²) < 4.78 is 16.5. The summed E-state index contributed by atoms with van der Waals surface area (Å²) in [7, 11) is 3.23. The molecule has 0 amide bonds. The normalized spacial score (nSPS) is 10.4. The Morgan fingerprint density at radius 2 is 1.80 bits per heavy atom. The zero-order chi connectivity index (χ0) is 14.5. The molecule has 0 bridgehead atoms. The molecule has 108 valence electrons. The fourth-order valence-electron chi connectivity index (χ4n) is 1.94. The molecule has 0 aliphatic carbocycles. The van der Waals surface area contributed by atoms with Crippen molar-refractivity contribution >= 4 is 11.3 Å². The number of benzene rings is 1. The average molecular weight is 293 g/mol. The van der Waals surface area contributed by atoms with Crippen molar-refractivity contribution in [2.24, 2.45) is 5.73 Å². The van der Waals surface area contributed by atoms with Gasteiger partial charge in [-0.15, -0.1) is 11.3 Å². The minimum atomic E-state index is 0.471. The Balaban J connectivity index is 2.19. The monoisotopic (exact) mass is 293 g/mol. The first-order valence-corrected chi connectivity index (χ1v) is 7.13. The van der Waals surface area contributed by atoms with E-state index in [0.29, 0.717) is 30.4 Å². The van der Waals surface area contributed by atoms with Crippen LogP contribution in [0.25, 0.3) is 0 Å². The Morgan fingerprint density at radius 1 is 1.15 bits per heavy atom. The highest BCUT2D eigenvalue weighted by Crippen LogP contribution is 2.37. The van der Waals surface area contributed by atoms with Crippen molar-refractivity contribution in [1.29, 1.82) is 0 Å². The number of ether oxygens (including phenoxy) is 3. The molecular formula is C15H19NO3S. The third kappa shape index (κ3) is 3.05. The van der Waals surface area contributed by atoms with Gasteiger partial charge in [-0.25, -0.2) is 0 Å². The van der Waals surface area contributed by atoms with E-state index >= 15 is 0 Å². The quantitative estimate of drug-likeness (QED) is 0.889. The van der Waals surface area contributed by atoms with Gasteiger partial charge in [0, 0.05) is 21.9 Å². The molecule has 0 saturated carbocycles. The fourth-order valence-corrected chi connectivity index (χ4v) is 2.87. The number of hydrogen-bond donors (Lipinski definition) is 1. The van der Waals surface area contributed by atoms with Gasteiger partial charge in [0.05, 0.1) is 14.2 Å². The Labute approximate surface area is 123 Å². The lowest BCUT2D eigenvalue weighted by molar-refractivity contribution is 0.266. The standard InChI is InChI=1S/C15H19NO3S/c1-10-11(7-12(8-16)20-10)9-19-15-13(17-2)5-4-6-14(15)18-3/h4-7H,8-9,16H2,1-3H3. The molecule has 0 aliphatic rings. The molecular weight excluding hydrogens is 274 g/mol. The van der Waals surface area contributed by atoms with Gasteiger partial charge in [0.25, 0.3) is 0 Å². The van der Waals surface area contributed by atoms with E-state index in [-0.39, 0.29) is 0 Å². The molecule has 0 radical (unpaired) electrons. The minimum Gasteiger partial charge on any atom is -0.493 e. The third-order valence-electron chi connectivity index (χ3n) is 3.03. The number of aryl methyl sites for hydroxylation is 1. The first-order chi connectivity index (χ1) is 9.69. The fraction of sp³-hybridized carbons (Fsp3) is 0.333. The summed E-state index contributed by atoms with van der Waals surface area (Å²) in [6, 6.07) is 7.65. The van der Waals surface area contributed by atoms with Gasteiger partial charge in [-0.3, -0.25) is 0 Å². The summed E-state index contributed by atoms with van der Waals surface area (Å²) in [6.45, 7) is 3.10. The summed E-state index contributed by atoms with van der Waals surface area (Å²) in [4.78, 5) is 2.38. The predicted molar refractivity (Wildman–Crippen MR) is 80.8 cm³/mol. The van der Waals surface area contributed by atoms with Crippen molar-refractivity contribution in [2.75, 3.05) is 14.2 Å². The van der Waals surface area contributed by atoms with Crippen molar-refractivity contribution in [3.05, 3.63) is 39.6 Å². The molecule has 0 spiro atoms. The summed E-state index contributed by atoms with van der Waals surface area (Å²) in [6.07, 6.45) is 0. The number of rotatable bonds is 6. The molecule has 2 N–H and O–H groups in total. The SMILES string of the molecule is COc1cccc(OC)c1OCc1cc(CN)sc1C. The van der Waals surface area contributed by atoms with E-state index in [1.165, 1.54) is 4.88 Å². The predicted octanol–water partition coefficient (Wildman–Crippen LogP) is 3.11. The lowest BCUT2D eigenvalue weighted by Gasteiger charge is -2.13. The zero-order valence-corrected chi connectivity index (χ0v) is 12.8. The van der Waals surface area contributed by atoms with E-state index in [9.17, 15) is 0 Å². The molecule has 0 aliphatic heterocycles. The van der Waals surface area contributed by atoms with Crippen LogP contribution in [0.5, 0.6) is 17.2 Å². The molecule has 0 atom stereocenters. The second-order valence-corrected chi connectivity index (χ2v) is 5.62. The lowest BCUT2D eigenvalue weighted by Crippen LogP contribution is -2.00. The molecule has 20 heavy (non-hydrogen) atoms. The molecule has 2 rings (SSSR count). The Bertz CT molecular complexity index is 558. The Morgan fingerprint density at radius 3 is 2.30 bits per heavy atom. The van der Waals surface area contributed by atoms with Gasteiger partial charge in [0.15, 0.2) is 11.5 Å². The third-order valence-corrected chi connectivity index (χ3v) is 4.14. The van der Waals surface area contributed by atoms with Gasteiger partial charge < -0.3 is 19.9 Å². The Hall–Kier alpha value is -1.72. The molecule has 0 fully saturated rings. The van der Waals surface area contributed by atoms with Gasteiger partial charge in [0.2, 0.25) is 5.75 Å². The highest BCUT2D eigenvalue weighted by Gasteiger charge is 2.13. The van der Waals surface area contributed by atoms with E-state index in [1.807, 2.05) is 18.2 Å². The second-order valence-electron chi connectivity index (χ2n) is 4.28. The maximum atomic E-state index is 5.89. The van der Waals surface area contributed by atoms with Gasteiger partial charge in [-0.05, 0) is 25.1 Å². The molecule has 5 heteroatoms. The zero-order valence-electron chi connectivity index (χ0n) is 11.9. The van der Waals surface area contributed by atoms with Crippen LogP contribution in [0.1, 0.15) is 15.3 Å². The van der Waals surface area contributed by atoms with Crippen LogP contribution in [0.2, 0.25) is 0 Å². The number of hydrogen-bond acceptors (Lipinski definition) is 5. The van der Waals surface area contributed by atoms with Gasteiger partial charge in [0.1, 0.15) is 6.61 Å². The molecule has 2 aromatic rings. The minimum absolute atomic E-state index is 0.471. The van der Waals surface area contributed by atoms with Crippen molar-refractivity contribution in [2.45, 2.75) is 20.1 Å². The molecule has 0 saturated heterocycles. The highest BCUT2D eigenvalue weighted by molar-refractivity contribution is 7.12. The summed E-state index contributed by atoms with van der Waals surface area (Å²) in [5.41, 5.74) is 6.80. The molecule has 4 nitrogen and oxygen atoms in total. The van der Waals surface area contributed by atoms with Crippen LogP contribution in [0.3, 0.4) is 0 Å². The number of para-hydroxylation sites is 1. The van der Waals surface area contributed by atoms with Crippen LogP contribution >= 0.6 is 11.3 Å².